The largest absolute Gasteiger partial charge is 0.352 e. The minimum atomic E-state index is 0.000714. The van der Waals surface area contributed by atoms with Crippen molar-refractivity contribution >= 4 is 5.91 Å². The molecule has 0 heterocycles. The van der Waals surface area contributed by atoms with Crippen molar-refractivity contribution in [1.29, 1.82) is 0 Å². The molecule has 1 aromatic carbocycles. The second-order valence-corrected chi connectivity index (χ2v) is 4.01. The second kappa shape index (κ2) is 4.03. The van der Waals surface area contributed by atoms with E-state index in [9.17, 15) is 4.79 Å². The predicted molar refractivity (Wildman–Crippen MR) is 59.8 cm³/mol. The number of hydrogen-bond acceptors (Lipinski definition) is 2. The van der Waals surface area contributed by atoms with Gasteiger partial charge in [0.15, 0.2) is 0 Å². The second-order valence-electron chi connectivity index (χ2n) is 4.01. The quantitative estimate of drug-likeness (QED) is 0.750. The van der Waals surface area contributed by atoms with Crippen LogP contribution in [0.5, 0.6) is 0 Å². The molecule has 0 saturated carbocycles. The minimum absolute atomic E-state index is 0.000714. The molecule has 2 rings (SSSR count). The van der Waals surface area contributed by atoms with E-state index < -0.39 is 0 Å². The molecule has 1 unspecified atom stereocenters. The Morgan fingerprint density at radius 3 is 2.93 bits per heavy atom. The van der Waals surface area contributed by atoms with Crippen LogP contribution in [-0.2, 0) is 12.8 Å². The van der Waals surface area contributed by atoms with Crippen LogP contribution in [0.3, 0.4) is 0 Å². The van der Waals surface area contributed by atoms with Gasteiger partial charge >= 0.3 is 0 Å². The first kappa shape index (κ1) is 10.2. The van der Waals surface area contributed by atoms with E-state index in [1.165, 1.54) is 11.1 Å². The molecule has 1 aliphatic carbocycles. The average molecular weight is 204 g/mol. The number of carbonyl (C=O) groups excluding carboxylic acids is 1. The van der Waals surface area contributed by atoms with Gasteiger partial charge in [-0.15, -0.1) is 0 Å². The maximum atomic E-state index is 11.6. The van der Waals surface area contributed by atoms with E-state index in [0.29, 0.717) is 6.54 Å². The van der Waals surface area contributed by atoms with Crippen molar-refractivity contribution < 1.29 is 4.79 Å². The zero-order valence-electron chi connectivity index (χ0n) is 8.92. The van der Waals surface area contributed by atoms with E-state index in [-0.39, 0.29) is 11.9 Å². The van der Waals surface area contributed by atoms with Crippen LogP contribution in [0, 0.1) is 0 Å². The molecular formula is C12H16N2O. The summed E-state index contributed by atoms with van der Waals surface area (Å²) in [4.78, 5) is 11.6. The molecule has 1 amide bonds. The van der Waals surface area contributed by atoms with Gasteiger partial charge in [-0.25, -0.2) is 0 Å². The van der Waals surface area contributed by atoms with Crippen LogP contribution in [0.25, 0.3) is 0 Å². The molecule has 80 valence electrons. The van der Waals surface area contributed by atoms with Crippen molar-refractivity contribution in [1.82, 2.24) is 5.32 Å². The van der Waals surface area contributed by atoms with Gasteiger partial charge in [0.25, 0.3) is 5.91 Å². The summed E-state index contributed by atoms with van der Waals surface area (Å²) in [5.74, 6) is 0.000714. The monoisotopic (exact) mass is 204 g/mol. The van der Waals surface area contributed by atoms with Gasteiger partial charge < -0.3 is 11.1 Å². The van der Waals surface area contributed by atoms with Crippen molar-refractivity contribution in [2.24, 2.45) is 5.73 Å². The Labute approximate surface area is 89.7 Å². The maximum absolute atomic E-state index is 11.6. The lowest BCUT2D eigenvalue weighted by Gasteiger charge is -2.04. The molecule has 0 fully saturated rings. The van der Waals surface area contributed by atoms with Gasteiger partial charge in [0.1, 0.15) is 0 Å². The first-order chi connectivity index (χ1) is 7.20. The lowest BCUT2D eigenvalue weighted by molar-refractivity contribution is 0.0955. The molecule has 1 aliphatic rings. The van der Waals surface area contributed by atoms with Crippen molar-refractivity contribution in [3.63, 3.8) is 0 Å². The van der Waals surface area contributed by atoms with Gasteiger partial charge in [-0.3, -0.25) is 4.79 Å². The summed E-state index contributed by atoms with van der Waals surface area (Å²) >= 11 is 0. The van der Waals surface area contributed by atoms with E-state index in [4.69, 9.17) is 5.73 Å². The highest BCUT2D eigenvalue weighted by Crippen LogP contribution is 2.22. The maximum Gasteiger partial charge on any atom is 0.251 e. The van der Waals surface area contributed by atoms with Crippen molar-refractivity contribution in [3.05, 3.63) is 34.9 Å². The third kappa shape index (κ3) is 2.02. The highest BCUT2D eigenvalue weighted by atomic mass is 16.1. The summed E-state index contributed by atoms with van der Waals surface area (Å²) in [5, 5.41) is 2.79. The minimum Gasteiger partial charge on any atom is -0.352 e. The van der Waals surface area contributed by atoms with Crippen molar-refractivity contribution in [2.75, 3.05) is 6.54 Å². The Hall–Kier alpha value is -1.35. The third-order valence-electron chi connectivity index (χ3n) is 2.77. The first-order valence-corrected chi connectivity index (χ1v) is 5.36. The molecule has 0 aromatic heterocycles. The standard InChI is InChI=1S/C12H16N2O/c1-2-14-12(15)9-4-3-8-6-11(13)7-10(8)5-9/h3-5,11H,2,6-7,13H2,1H3,(H,14,15). The van der Waals surface area contributed by atoms with Crippen molar-refractivity contribution in [3.8, 4) is 0 Å². The molecule has 0 saturated heterocycles. The van der Waals surface area contributed by atoms with E-state index in [0.717, 1.165) is 18.4 Å². The predicted octanol–water partition coefficient (Wildman–Crippen LogP) is 0.862. The first-order valence-electron chi connectivity index (χ1n) is 5.36. The van der Waals surface area contributed by atoms with Gasteiger partial charge in [-0.1, -0.05) is 6.07 Å². The Bertz CT molecular complexity index is 387. The summed E-state index contributed by atoms with van der Waals surface area (Å²) in [6.45, 7) is 2.58. The van der Waals surface area contributed by atoms with E-state index in [1.807, 2.05) is 25.1 Å². The van der Waals surface area contributed by atoms with Crippen LogP contribution < -0.4 is 11.1 Å². The normalized spacial score (nSPS) is 18.7. The molecule has 15 heavy (non-hydrogen) atoms. The zero-order chi connectivity index (χ0) is 10.8. The number of nitrogens with one attached hydrogen (secondary N) is 1. The highest BCUT2D eigenvalue weighted by molar-refractivity contribution is 5.94. The molecule has 0 aliphatic heterocycles. The highest BCUT2D eigenvalue weighted by Gasteiger charge is 2.19. The Morgan fingerprint density at radius 2 is 2.20 bits per heavy atom. The number of hydrogen-bond donors (Lipinski definition) is 2. The fourth-order valence-corrected chi connectivity index (χ4v) is 2.06. The van der Waals surface area contributed by atoms with E-state index >= 15 is 0 Å². The third-order valence-corrected chi connectivity index (χ3v) is 2.77. The molecule has 0 spiro atoms. The van der Waals surface area contributed by atoms with Gasteiger partial charge in [0.05, 0.1) is 0 Å². The number of nitrogens with two attached hydrogens (primary N) is 1. The Balaban J connectivity index is 2.23. The Kier molecular flexibility index (Phi) is 2.73. The summed E-state index contributed by atoms with van der Waals surface area (Å²) in [7, 11) is 0. The van der Waals surface area contributed by atoms with Crippen LogP contribution in [0.15, 0.2) is 18.2 Å². The molecule has 3 nitrogen and oxygen atoms in total. The summed E-state index contributed by atoms with van der Waals surface area (Å²) in [6.07, 6.45) is 1.83. The summed E-state index contributed by atoms with van der Waals surface area (Å²) in [5.41, 5.74) is 9.13. The summed E-state index contributed by atoms with van der Waals surface area (Å²) in [6, 6.07) is 6.09. The average Bonchev–Trinajstić information content (AvgIpc) is 2.57. The fourth-order valence-electron chi connectivity index (χ4n) is 2.06. The Morgan fingerprint density at radius 1 is 1.47 bits per heavy atom. The molecule has 3 N–H and O–H groups in total. The number of rotatable bonds is 2. The van der Waals surface area contributed by atoms with Gasteiger partial charge in [0.2, 0.25) is 0 Å². The van der Waals surface area contributed by atoms with Crippen LogP contribution in [-0.4, -0.2) is 18.5 Å². The number of amides is 1. The molecule has 3 heteroatoms. The number of fused-ring (bicyclic) bond motifs is 1. The van der Waals surface area contributed by atoms with E-state index in [2.05, 4.69) is 5.32 Å². The van der Waals surface area contributed by atoms with E-state index in [1.54, 1.807) is 0 Å². The lowest BCUT2D eigenvalue weighted by atomic mass is 10.1. The molecule has 0 radical (unpaired) electrons. The number of carbonyl (C=O) groups is 1. The molecular weight excluding hydrogens is 188 g/mol. The fraction of sp³-hybridized carbons (Fsp3) is 0.417. The zero-order valence-corrected chi connectivity index (χ0v) is 8.92. The van der Waals surface area contributed by atoms with Crippen LogP contribution in [0.2, 0.25) is 0 Å². The van der Waals surface area contributed by atoms with Gasteiger partial charge in [-0.05, 0) is 43.0 Å². The smallest absolute Gasteiger partial charge is 0.251 e. The SMILES string of the molecule is CCNC(=O)c1ccc2c(c1)CC(N)C2. The topological polar surface area (TPSA) is 55.1 Å². The molecule has 1 atom stereocenters. The van der Waals surface area contributed by atoms with Crippen molar-refractivity contribution in [2.45, 2.75) is 25.8 Å². The molecule has 1 aromatic rings. The lowest BCUT2D eigenvalue weighted by Crippen LogP contribution is -2.22. The molecule has 0 bridgehead atoms. The van der Waals surface area contributed by atoms with Crippen LogP contribution >= 0.6 is 0 Å². The van der Waals surface area contributed by atoms with Gasteiger partial charge in [-0.2, -0.15) is 0 Å². The van der Waals surface area contributed by atoms with Gasteiger partial charge in [0, 0.05) is 18.2 Å². The van der Waals surface area contributed by atoms with Crippen LogP contribution in [0.4, 0.5) is 0 Å². The van der Waals surface area contributed by atoms with Crippen LogP contribution in [0.1, 0.15) is 28.4 Å². The summed E-state index contributed by atoms with van der Waals surface area (Å²) < 4.78 is 0. The number of benzene rings is 1.